The molecule has 0 fully saturated rings. The molecule has 1 aromatic rings. The van der Waals surface area contributed by atoms with E-state index in [4.69, 9.17) is 9.47 Å². The summed E-state index contributed by atoms with van der Waals surface area (Å²) >= 11 is 0. The molecule has 0 aliphatic heterocycles. The molecule has 4 heteroatoms. The van der Waals surface area contributed by atoms with Crippen molar-refractivity contribution in [3.8, 4) is 5.75 Å². The van der Waals surface area contributed by atoms with Gasteiger partial charge >= 0.3 is 0 Å². The van der Waals surface area contributed by atoms with Crippen molar-refractivity contribution >= 4 is 5.91 Å². The highest BCUT2D eigenvalue weighted by molar-refractivity contribution is 5.80. The molecular formula is C17H25NO3. The number of fused-ring (bicyclic) bond motifs is 1. The van der Waals surface area contributed by atoms with Gasteiger partial charge in [-0.05, 0) is 56.4 Å². The van der Waals surface area contributed by atoms with Crippen LogP contribution in [0.4, 0.5) is 0 Å². The van der Waals surface area contributed by atoms with Gasteiger partial charge in [0.05, 0.1) is 7.11 Å². The fraction of sp³-hybridized carbons (Fsp3) is 0.588. The van der Waals surface area contributed by atoms with Crippen LogP contribution in [0.2, 0.25) is 0 Å². The lowest BCUT2D eigenvalue weighted by Crippen LogP contribution is -2.37. The Kier molecular flexibility index (Phi) is 5.62. The number of nitrogens with one attached hydrogen (secondary N) is 1. The molecule has 1 N–H and O–H groups in total. The molecule has 1 amide bonds. The summed E-state index contributed by atoms with van der Waals surface area (Å²) < 4.78 is 10.6. The van der Waals surface area contributed by atoms with Gasteiger partial charge in [0.25, 0.3) is 0 Å². The normalized spacial score (nSPS) is 18.7. The topological polar surface area (TPSA) is 47.6 Å². The van der Waals surface area contributed by atoms with Gasteiger partial charge in [-0.3, -0.25) is 4.79 Å². The first-order valence-corrected chi connectivity index (χ1v) is 7.71. The number of benzene rings is 1. The predicted molar refractivity (Wildman–Crippen MR) is 82.8 cm³/mol. The summed E-state index contributed by atoms with van der Waals surface area (Å²) in [5.41, 5.74) is 2.68. The van der Waals surface area contributed by atoms with E-state index < -0.39 is 0 Å². The van der Waals surface area contributed by atoms with Crippen LogP contribution in [0.1, 0.15) is 43.7 Å². The first-order valence-electron chi connectivity index (χ1n) is 7.71. The van der Waals surface area contributed by atoms with Crippen LogP contribution in [0.3, 0.4) is 0 Å². The molecular weight excluding hydrogens is 266 g/mol. The van der Waals surface area contributed by atoms with E-state index in [-0.39, 0.29) is 12.0 Å². The SMILES string of the molecule is CCO[C@H](C)C(=O)NC[C@@H]1CCCc2cc(OC)ccc21. The molecule has 0 saturated heterocycles. The second-order valence-electron chi connectivity index (χ2n) is 5.50. The van der Waals surface area contributed by atoms with E-state index in [1.54, 1.807) is 14.0 Å². The molecule has 21 heavy (non-hydrogen) atoms. The van der Waals surface area contributed by atoms with Gasteiger partial charge < -0.3 is 14.8 Å². The number of ether oxygens (including phenoxy) is 2. The Morgan fingerprint density at radius 1 is 1.48 bits per heavy atom. The maximum Gasteiger partial charge on any atom is 0.248 e. The standard InChI is InChI=1S/C17H25NO3/c1-4-21-12(2)17(19)18-11-14-7-5-6-13-10-15(20-3)8-9-16(13)14/h8-10,12,14H,4-7,11H2,1-3H3,(H,18,19)/t12-,14+/m1/s1. The lowest BCUT2D eigenvalue weighted by Gasteiger charge is -2.26. The highest BCUT2D eigenvalue weighted by Gasteiger charge is 2.22. The van der Waals surface area contributed by atoms with Crippen molar-refractivity contribution < 1.29 is 14.3 Å². The third-order valence-corrected chi connectivity index (χ3v) is 4.10. The minimum absolute atomic E-state index is 0.0301. The minimum Gasteiger partial charge on any atom is -0.497 e. The molecule has 0 saturated carbocycles. The Morgan fingerprint density at radius 2 is 2.29 bits per heavy atom. The molecule has 1 aliphatic carbocycles. The van der Waals surface area contributed by atoms with Crippen molar-refractivity contribution in [1.82, 2.24) is 5.32 Å². The van der Waals surface area contributed by atoms with E-state index in [2.05, 4.69) is 17.4 Å². The molecule has 0 spiro atoms. The lowest BCUT2D eigenvalue weighted by atomic mass is 9.82. The molecule has 4 nitrogen and oxygen atoms in total. The highest BCUT2D eigenvalue weighted by atomic mass is 16.5. The third-order valence-electron chi connectivity index (χ3n) is 4.10. The van der Waals surface area contributed by atoms with Crippen LogP contribution in [0.5, 0.6) is 5.75 Å². The van der Waals surface area contributed by atoms with E-state index in [0.29, 0.717) is 19.1 Å². The van der Waals surface area contributed by atoms with Crippen LogP contribution in [0, 0.1) is 0 Å². The number of aryl methyl sites for hydroxylation is 1. The van der Waals surface area contributed by atoms with Crippen LogP contribution in [-0.2, 0) is 16.0 Å². The van der Waals surface area contributed by atoms with Gasteiger partial charge in [0.2, 0.25) is 5.91 Å². The van der Waals surface area contributed by atoms with Crippen LogP contribution < -0.4 is 10.1 Å². The van der Waals surface area contributed by atoms with Crippen molar-refractivity contribution in [2.45, 2.75) is 45.1 Å². The molecule has 0 unspecified atom stereocenters. The van der Waals surface area contributed by atoms with Gasteiger partial charge in [-0.2, -0.15) is 0 Å². The number of amides is 1. The average molecular weight is 291 g/mol. The lowest BCUT2D eigenvalue weighted by molar-refractivity contribution is -0.131. The molecule has 1 aliphatic rings. The average Bonchev–Trinajstić information content (AvgIpc) is 2.52. The number of carbonyl (C=O) groups excluding carboxylic acids is 1. The number of carbonyl (C=O) groups is 1. The summed E-state index contributed by atoms with van der Waals surface area (Å²) in [6.07, 6.45) is 2.98. The monoisotopic (exact) mass is 291 g/mol. The Hall–Kier alpha value is -1.55. The highest BCUT2D eigenvalue weighted by Crippen LogP contribution is 2.33. The third kappa shape index (κ3) is 3.97. The van der Waals surface area contributed by atoms with Crippen LogP contribution >= 0.6 is 0 Å². The fourth-order valence-corrected chi connectivity index (χ4v) is 2.92. The van der Waals surface area contributed by atoms with E-state index >= 15 is 0 Å². The van der Waals surface area contributed by atoms with Gasteiger partial charge in [0.15, 0.2) is 0 Å². The first kappa shape index (κ1) is 15.8. The van der Waals surface area contributed by atoms with Crippen molar-refractivity contribution in [3.63, 3.8) is 0 Å². The van der Waals surface area contributed by atoms with Crippen LogP contribution in [0.15, 0.2) is 18.2 Å². The zero-order chi connectivity index (χ0) is 15.2. The molecule has 0 bridgehead atoms. The molecule has 116 valence electrons. The van der Waals surface area contributed by atoms with Gasteiger partial charge in [0, 0.05) is 19.1 Å². The molecule has 2 rings (SSSR count). The fourth-order valence-electron chi connectivity index (χ4n) is 2.92. The van der Waals surface area contributed by atoms with Gasteiger partial charge in [-0.25, -0.2) is 0 Å². The van der Waals surface area contributed by atoms with Crippen molar-refractivity contribution in [2.24, 2.45) is 0 Å². The molecule has 1 aromatic carbocycles. The zero-order valence-corrected chi connectivity index (χ0v) is 13.1. The van der Waals surface area contributed by atoms with Crippen LogP contribution in [-0.4, -0.2) is 32.3 Å². The Balaban J connectivity index is 1.98. The number of rotatable bonds is 6. The van der Waals surface area contributed by atoms with Crippen molar-refractivity contribution in [3.05, 3.63) is 29.3 Å². The second-order valence-corrected chi connectivity index (χ2v) is 5.50. The smallest absolute Gasteiger partial charge is 0.248 e. The van der Waals surface area contributed by atoms with Crippen molar-refractivity contribution in [1.29, 1.82) is 0 Å². The largest absolute Gasteiger partial charge is 0.497 e. The molecule has 0 heterocycles. The summed E-state index contributed by atoms with van der Waals surface area (Å²) in [5, 5.41) is 3.01. The quantitative estimate of drug-likeness (QED) is 0.876. The van der Waals surface area contributed by atoms with Crippen LogP contribution in [0.25, 0.3) is 0 Å². The maximum atomic E-state index is 11.9. The second kappa shape index (κ2) is 7.46. The summed E-state index contributed by atoms with van der Waals surface area (Å²) in [6, 6.07) is 6.25. The van der Waals surface area contributed by atoms with Gasteiger partial charge in [-0.1, -0.05) is 6.07 Å². The minimum atomic E-state index is -0.381. The maximum absolute atomic E-state index is 11.9. The number of hydrogen-bond donors (Lipinski definition) is 1. The Bertz CT molecular complexity index is 487. The summed E-state index contributed by atoms with van der Waals surface area (Å²) in [5.74, 6) is 1.26. The summed E-state index contributed by atoms with van der Waals surface area (Å²) in [7, 11) is 1.69. The zero-order valence-electron chi connectivity index (χ0n) is 13.1. The molecule has 0 radical (unpaired) electrons. The molecule has 2 atom stereocenters. The molecule has 0 aromatic heterocycles. The van der Waals surface area contributed by atoms with E-state index in [0.717, 1.165) is 25.0 Å². The van der Waals surface area contributed by atoms with Gasteiger partial charge in [-0.15, -0.1) is 0 Å². The van der Waals surface area contributed by atoms with E-state index in [1.165, 1.54) is 11.1 Å². The van der Waals surface area contributed by atoms with Crippen molar-refractivity contribution in [2.75, 3.05) is 20.3 Å². The number of hydrogen-bond acceptors (Lipinski definition) is 3. The summed E-state index contributed by atoms with van der Waals surface area (Å²) in [6.45, 7) is 4.92. The Morgan fingerprint density at radius 3 is 3.00 bits per heavy atom. The Labute approximate surface area is 126 Å². The first-order chi connectivity index (χ1) is 10.2. The number of methoxy groups -OCH3 is 1. The van der Waals surface area contributed by atoms with E-state index in [9.17, 15) is 4.79 Å². The predicted octanol–water partition coefficient (Wildman–Crippen LogP) is 2.66. The summed E-state index contributed by atoms with van der Waals surface area (Å²) in [4.78, 5) is 11.9. The van der Waals surface area contributed by atoms with Gasteiger partial charge in [0.1, 0.15) is 11.9 Å². The van der Waals surface area contributed by atoms with E-state index in [1.807, 2.05) is 13.0 Å².